The fourth-order valence-electron chi connectivity index (χ4n) is 3.91. The molecule has 0 spiro atoms. The standard InChI is InChI=1S/C23H30N2O/c1-2-21-15-9-10-16-25(21)23(26)18-24-22(20-13-7-4-8-14-20)17-19-11-5-3-6-12-19/h3-8,11-14,21-22,24H,2,9-10,15-18H2,1H3. The molecule has 3 heteroatoms. The van der Waals surface area contributed by atoms with Gasteiger partial charge in [-0.2, -0.15) is 0 Å². The summed E-state index contributed by atoms with van der Waals surface area (Å²) in [4.78, 5) is 14.9. The van der Waals surface area contributed by atoms with Crippen molar-refractivity contribution in [3.8, 4) is 0 Å². The molecule has 138 valence electrons. The maximum Gasteiger partial charge on any atom is 0.236 e. The van der Waals surface area contributed by atoms with E-state index in [4.69, 9.17) is 0 Å². The molecule has 0 bridgehead atoms. The second-order valence-corrected chi connectivity index (χ2v) is 7.18. The fraction of sp³-hybridized carbons (Fsp3) is 0.435. The van der Waals surface area contributed by atoms with Crippen molar-refractivity contribution in [1.82, 2.24) is 10.2 Å². The third kappa shape index (κ3) is 4.95. The van der Waals surface area contributed by atoms with Crippen molar-refractivity contribution in [3.63, 3.8) is 0 Å². The normalized spacial score (nSPS) is 18.5. The zero-order valence-corrected chi connectivity index (χ0v) is 15.7. The highest BCUT2D eigenvalue weighted by molar-refractivity contribution is 5.78. The van der Waals surface area contributed by atoms with Crippen molar-refractivity contribution in [3.05, 3.63) is 71.8 Å². The molecule has 1 saturated heterocycles. The Kier molecular flexibility index (Phi) is 6.84. The van der Waals surface area contributed by atoms with Crippen LogP contribution < -0.4 is 5.32 Å². The van der Waals surface area contributed by atoms with Crippen LogP contribution in [0.5, 0.6) is 0 Å². The molecule has 0 saturated carbocycles. The number of carbonyl (C=O) groups is 1. The second kappa shape index (κ2) is 9.54. The first kappa shape index (κ1) is 18.7. The van der Waals surface area contributed by atoms with Gasteiger partial charge in [-0.05, 0) is 43.2 Å². The van der Waals surface area contributed by atoms with E-state index in [-0.39, 0.29) is 11.9 Å². The largest absolute Gasteiger partial charge is 0.339 e. The van der Waals surface area contributed by atoms with Gasteiger partial charge < -0.3 is 10.2 Å². The number of hydrogen-bond acceptors (Lipinski definition) is 2. The molecule has 0 radical (unpaired) electrons. The number of hydrogen-bond donors (Lipinski definition) is 1. The van der Waals surface area contributed by atoms with Gasteiger partial charge in [0.1, 0.15) is 0 Å². The maximum absolute atomic E-state index is 12.8. The van der Waals surface area contributed by atoms with Crippen LogP contribution in [-0.2, 0) is 11.2 Å². The molecule has 3 nitrogen and oxygen atoms in total. The summed E-state index contributed by atoms with van der Waals surface area (Å²) in [5, 5.41) is 3.54. The topological polar surface area (TPSA) is 32.3 Å². The Bertz CT molecular complexity index is 671. The van der Waals surface area contributed by atoms with E-state index < -0.39 is 0 Å². The number of carbonyl (C=O) groups excluding carboxylic acids is 1. The van der Waals surface area contributed by atoms with Crippen molar-refractivity contribution >= 4 is 5.91 Å². The molecular formula is C23H30N2O. The summed E-state index contributed by atoms with van der Waals surface area (Å²) in [6, 6.07) is 21.5. The van der Waals surface area contributed by atoms with Crippen LogP contribution in [0.2, 0.25) is 0 Å². The summed E-state index contributed by atoms with van der Waals surface area (Å²) in [6.07, 6.45) is 5.46. The number of amides is 1. The number of piperidine rings is 1. The van der Waals surface area contributed by atoms with Gasteiger partial charge in [-0.15, -0.1) is 0 Å². The molecule has 2 unspecified atom stereocenters. The Balaban J connectivity index is 1.66. The van der Waals surface area contributed by atoms with Crippen molar-refractivity contribution < 1.29 is 4.79 Å². The van der Waals surface area contributed by atoms with Crippen LogP contribution in [0.15, 0.2) is 60.7 Å². The first-order valence-electron chi connectivity index (χ1n) is 9.89. The third-order valence-electron chi connectivity index (χ3n) is 5.40. The monoisotopic (exact) mass is 350 g/mol. The lowest BCUT2D eigenvalue weighted by Crippen LogP contribution is -2.47. The van der Waals surface area contributed by atoms with Gasteiger partial charge in [0.15, 0.2) is 0 Å². The smallest absolute Gasteiger partial charge is 0.236 e. The van der Waals surface area contributed by atoms with E-state index in [0.717, 1.165) is 32.2 Å². The van der Waals surface area contributed by atoms with Crippen LogP contribution in [0.25, 0.3) is 0 Å². The highest BCUT2D eigenvalue weighted by atomic mass is 16.2. The van der Waals surface area contributed by atoms with Crippen LogP contribution in [-0.4, -0.2) is 29.9 Å². The van der Waals surface area contributed by atoms with E-state index in [0.29, 0.717) is 12.6 Å². The van der Waals surface area contributed by atoms with Gasteiger partial charge in [0.2, 0.25) is 5.91 Å². The predicted molar refractivity (Wildman–Crippen MR) is 107 cm³/mol. The molecular weight excluding hydrogens is 320 g/mol. The molecule has 0 aliphatic carbocycles. The zero-order valence-electron chi connectivity index (χ0n) is 15.7. The second-order valence-electron chi connectivity index (χ2n) is 7.18. The first-order valence-corrected chi connectivity index (χ1v) is 9.89. The molecule has 1 aliphatic rings. The Morgan fingerprint density at radius 3 is 2.46 bits per heavy atom. The summed E-state index contributed by atoms with van der Waals surface area (Å²) < 4.78 is 0. The molecule has 1 fully saturated rings. The van der Waals surface area contributed by atoms with Crippen molar-refractivity contribution in [2.75, 3.05) is 13.1 Å². The Morgan fingerprint density at radius 1 is 1.08 bits per heavy atom. The average Bonchev–Trinajstić information content (AvgIpc) is 2.72. The van der Waals surface area contributed by atoms with Gasteiger partial charge in [0, 0.05) is 18.6 Å². The van der Waals surface area contributed by atoms with Crippen molar-refractivity contribution in [2.24, 2.45) is 0 Å². The van der Waals surface area contributed by atoms with Crippen LogP contribution in [0.1, 0.15) is 49.8 Å². The van der Waals surface area contributed by atoms with E-state index in [2.05, 4.69) is 65.7 Å². The predicted octanol–water partition coefficient (Wildman–Crippen LogP) is 4.35. The quantitative estimate of drug-likeness (QED) is 0.805. The minimum absolute atomic E-state index is 0.146. The van der Waals surface area contributed by atoms with E-state index in [1.54, 1.807) is 0 Å². The number of likely N-dealkylation sites (tertiary alicyclic amines) is 1. The van der Waals surface area contributed by atoms with Crippen LogP contribution in [0.4, 0.5) is 0 Å². The van der Waals surface area contributed by atoms with Crippen molar-refractivity contribution in [1.29, 1.82) is 0 Å². The average molecular weight is 351 g/mol. The van der Waals surface area contributed by atoms with Gasteiger partial charge in [-0.1, -0.05) is 67.6 Å². The lowest BCUT2D eigenvalue weighted by atomic mass is 9.98. The molecule has 1 amide bonds. The Hall–Kier alpha value is -2.13. The summed E-state index contributed by atoms with van der Waals surface area (Å²) in [5.74, 6) is 0.241. The van der Waals surface area contributed by atoms with Crippen molar-refractivity contribution in [2.45, 2.75) is 51.1 Å². The Labute approximate surface area is 157 Å². The number of benzene rings is 2. The van der Waals surface area contributed by atoms with Gasteiger partial charge in [0.25, 0.3) is 0 Å². The third-order valence-corrected chi connectivity index (χ3v) is 5.40. The molecule has 3 rings (SSSR count). The zero-order chi connectivity index (χ0) is 18.2. The van der Waals surface area contributed by atoms with E-state index >= 15 is 0 Å². The highest BCUT2D eigenvalue weighted by Crippen LogP contribution is 2.21. The molecule has 26 heavy (non-hydrogen) atoms. The van der Waals surface area contributed by atoms with Crippen LogP contribution in [0, 0.1) is 0 Å². The molecule has 1 heterocycles. The molecule has 2 aromatic carbocycles. The minimum Gasteiger partial charge on any atom is -0.339 e. The van der Waals surface area contributed by atoms with Gasteiger partial charge >= 0.3 is 0 Å². The van der Waals surface area contributed by atoms with Crippen LogP contribution in [0.3, 0.4) is 0 Å². The van der Waals surface area contributed by atoms with Gasteiger partial charge in [-0.3, -0.25) is 4.79 Å². The van der Waals surface area contributed by atoms with Crippen LogP contribution >= 0.6 is 0 Å². The van der Waals surface area contributed by atoms with Gasteiger partial charge in [0.05, 0.1) is 6.54 Å². The van der Waals surface area contributed by atoms with E-state index in [1.807, 2.05) is 12.1 Å². The summed E-state index contributed by atoms with van der Waals surface area (Å²) in [7, 11) is 0. The summed E-state index contributed by atoms with van der Waals surface area (Å²) >= 11 is 0. The first-order chi connectivity index (χ1) is 12.8. The SMILES string of the molecule is CCC1CCCCN1C(=O)CNC(Cc1ccccc1)c1ccccc1. The fourth-order valence-corrected chi connectivity index (χ4v) is 3.91. The molecule has 0 aromatic heterocycles. The lowest BCUT2D eigenvalue weighted by Gasteiger charge is -2.35. The highest BCUT2D eigenvalue weighted by Gasteiger charge is 2.25. The Morgan fingerprint density at radius 2 is 1.77 bits per heavy atom. The molecule has 2 atom stereocenters. The number of nitrogens with zero attached hydrogens (tertiary/aromatic N) is 1. The lowest BCUT2D eigenvalue weighted by molar-refractivity contribution is -0.134. The molecule has 2 aromatic rings. The maximum atomic E-state index is 12.8. The molecule has 1 aliphatic heterocycles. The minimum atomic E-state index is 0.146. The van der Waals surface area contributed by atoms with E-state index in [9.17, 15) is 4.79 Å². The number of nitrogens with one attached hydrogen (secondary N) is 1. The number of rotatable bonds is 7. The molecule has 1 N–H and O–H groups in total. The summed E-state index contributed by atoms with van der Waals surface area (Å²) in [6.45, 7) is 3.50. The summed E-state index contributed by atoms with van der Waals surface area (Å²) in [5.41, 5.74) is 2.51. The van der Waals surface area contributed by atoms with E-state index in [1.165, 1.54) is 17.5 Å². The van der Waals surface area contributed by atoms with Gasteiger partial charge in [-0.25, -0.2) is 0 Å².